The third-order valence-electron chi connectivity index (χ3n) is 4.72. The molecule has 2 aromatic rings. The quantitative estimate of drug-likeness (QED) is 0.373. The Morgan fingerprint density at radius 2 is 2.21 bits per heavy atom. The highest BCUT2D eigenvalue weighted by Gasteiger charge is 2.14. The first-order valence-corrected chi connectivity index (χ1v) is 10.0. The summed E-state index contributed by atoms with van der Waals surface area (Å²) in [6.45, 7) is 4.55. The van der Waals surface area contributed by atoms with Gasteiger partial charge in [0, 0.05) is 45.7 Å². The number of rotatable bonds is 10. The molecule has 0 aliphatic carbocycles. The third kappa shape index (κ3) is 6.65. The first-order chi connectivity index (χ1) is 13.8. The molecule has 0 spiro atoms. The van der Waals surface area contributed by atoms with Crippen molar-refractivity contribution in [3.63, 3.8) is 0 Å². The lowest BCUT2D eigenvalue weighted by molar-refractivity contribution is 0.0168. The van der Waals surface area contributed by atoms with Crippen molar-refractivity contribution >= 4 is 5.96 Å². The predicted molar refractivity (Wildman–Crippen MR) is 110 cm³/mol. The highest BCUT2D eigenvalue weighted by molar-refractivity contribution is 5.79. The molecule has 1 fully saturated rings. The number of nitrogens with one attached hydrogen (secondary N) is 2. The van der Waals surface area contributed by atoms with Crippen molar-refractivity contribution in [2.75, 3.05) is 33.4 Å². The molecular formula is C21H31N5O2. The number of hydrogen-bond acceptors (Lipinski definition) is 4. The maximum Gasteiger partial charge on any atom is 0.191 e. The van der Waals surface area contributed by atoms with Crippen molar-refractivity contribution in [1.82, 2.24) is 20.2 Å². The molecule has 1 aliphatic rings. The van der Waals surface area contributed by atoms with Gasteiger partial charge in [0.1, 0.15) is 5.82 Å². The summed E-state index contributed by atoms with van der Waals surface area (Å²) in [6.07, 6.45) is 7.33. The van der Waals surface area contributed by atoms with E-state index in [9.17, 15) is 0 Å². The van der Waals surface area contributed by atoms with Crippen LogP contribution in [0.5, 0.6) is 0 Å². The summed E-state index contributed by atoms with van der Waals surface area (Å²) in [5.74, 6) is 1.75. The average molecular weight is 386 g/mol. The van der Waals surface area contributed by atoms with E-state index in [-0.39, 0.29) is 0 Å². The van der Waals surface area contributed by atoms with E-state index < -0.39 is 0 Å². The monoisotopic (exact) mass is 385 g/mol. The van der Waals surface area contributed by atoms with Crippen LogP contribution in [0.25, 0.3) is 0 Å². The largest absolute Gasteiger partial charge is 0.379 e. The van der Waals surface area contributed by atoms with Crippen LogP contribution in [-0.4, -0.2) is 55.0 Å². The molecule has 152 valence electrons. The van der Waals surface area contributed by atoms with Gasteiger partial charge >= 0.3 is 0 Å². The molecule has 1 aliphatic heterocycles. The van der Waals surface area contributed by atoms with E-state index >= 15 is 0 Å². The van der Waals surface area contributed by atoms with Crippen LogP contribution in [0.1, 0.15) is 30.7 Å². The van der Waals surface area contributed by atoms with Crippen molar-refractivity contribution in [2.24, 2.45) is 4.99 Å². The number of hydrogen-bond donors (Lipinski definition) is 2. The molecular weight excluding hydrogens is 354 g/mol. The Labute approximate surface area is 167 Å². The second kappa shape index (κ2) is 11.5. The fraction of sp³-hybridized carbons (Fsp3) is 0.524. The zero-order valence-corrected chi connectivity index (χ0v) is 16.6. The Kier molecular flexibility index (Phi) is 8.33. The van der Waals surface area contributed by atoms with E-state index in [0.717, 1.165) is 57.3 Å². The maximum absolute atomic E-state index is 5.69. The van der Waals surface area contributed by atoms with E-state index in [0.29, 0.717) is 19.3 Å². The lowest BCUT2D eigenvalue weighted by Gasteiger charge is -2.14. The molecule has 0 radical (unpaired) electrons. The number of aliphatic imine (C=N–C) groups is 1. The van der Waals surface area contributed by atoms with Crippen LogP contribution in [-0.2, 0) is 22.6 Å². The van der Waals surface area contributed by atoms with Gasteiger partial charge in [-0.2, -0.15) is 0 Å². The summed E-state index contributed by atoms with van der Waals surface area (Å²) in [6, 6.07) is 10.4. The summed E-state index contributed by atoms with van der Waals surface area (Å²) >= 11 is 0. The topological polar surface area (TPSA) is 72.7 Å². The second-order valence-electron chi connectivity index (χ2n) is 6.87. The molecule has 0 amide bonds. The maximum atomic E-state index is 5.69. The number of nitrogens with zero attached hydrogens (tertiary/aromatic N) is 3. The Morgan fingerprint density at radius 3 is 3.00 bits per heavy atom. The van der Waals surface area contributed by atoms with E-state index in [1.54, 1.807) is 7.05 Å². The van der Waals surface area contributed by atoms with Gasteiger partial charge in [-0.1, -0.05) is 30.3 Å². The Balaban J connectivity index is 1.33. The fourth-order valence-electron chi connectivity index (χ4n) is 3.19. The van der Waals surface area contributed by atoms with Gasteiger partial charge in [0.05, 0.1) is 19.3 Å². The van der Waals surface area contributed by atoms with Gasteiger partial charge in [0.2, 0.25) is 0 Å². The van der Waals surface area contributed by atoms with Crippen LogP contribution in [0.15, 0.2) is 47.7 Å². The molecule has 1 unspecified atom stereocenters. The lowest BCUT2D eigenvalue weighted by Crippen LogP contribution is -2.38. The van der Waals surface area contributed by atoms with E-state index in [1.165, 1.54) is 5.56 Å². The molecule has 2 heterocycles. The SMILES string of the molecule is CN=C(NCCCOCC1CCCO1)NCc1nccn1Cc1ccccc1. The van der Waals surface area contributed by atoms with Gasteiger partial charge in [0.15, 0.2) is 5.96 Å². The van der Waals surface area contributed by atoms with Crippen LogP contribution >= 0.6 is 0 Å². The van der Waals surface area contributed by atoms with Gasteiger partial charge in [-0.05, 0) is 24.8 Å². The standard InChI is InChI=1S/C21H31N5O2/c1-22-21(24-10-6-13-27-17-19-9-5-14-28-19)25-15-20-23-11-12-26(20)16-18-7-3-2-4-8-18/h2-4,7-8,11-12,19H,5-6,9-10,13-17H2,1H3,(H2,22,24,25). The number of benzene rings is 1. The van der Waals surface area contributed by atoms with Crippen molar-refractivity contribution in [3.8, 4) is 0 Å². The minimum atomic E-state index is 0.294. The summed E-state index contributed by atoms with van der Waals surface area (Å²) in [7, 11) is 1.78. The number of ether oxygens (including phenoxy) is 2. The van der Waals surface area contributed by atoms with Crippen LogP contribution < -0.4 is 10.6 Å². The zero-order valence-electron chi connectivity index (χ0n) is 16.6. The molecule has 28 heavy (non-hydrogen) atoms. The fourth-order valence-corrected chi connectivity index (χ4v) is 3.19. The van der Waals surface area contributed by atoms with Crippen molar-refractivity contribution in [2.45, 2.75) is 38.5 Å². The summed E-state index contributed by atoms with van der Waals surface area (Å²) in [5, 5.41) is 6.65. The molecule has 1 aromatic heterocycles. The first kappa shape index (κ1) is 20.4. The molecule has 7 nitrogen and oxygen atoms in total. The van der Waals surface area contributed by atoms with Crippen LogP contribution in [0.4, 0.5) is 0 Å². The number of guanidine groups is 1. The summed E-state index contributed by atoms with van der Waals surface area (Å²) < 4.78 is 13.4. The van der Waals surface area contributed by atoms with Crippen molar-refractivity contribution in [3.05, 3.63) is 54.1 Å². The van der Waals surface area contributed by atoms with Gasteiger partial charge in [0.25, 0.3) is 0 Å². The van der Waals surface area contributed by atoms with E-state index in [1.807, 2.05) is 18.5 Å². The predicted octanol–water partition coefficient (Wildman–Crippen LogP) is 2.18. The Morgan fingerprint density at radius 1 is 1.32 bits per heavy atom. The highest BCUT2D eigenvalue weighted by Crippen LogP contribution is 2.11. The highest BCUT2D eigenvalue weighted by atomic mass is 16.5. The Hall–Kier alpha value is -2.38. The van der Waals surface area contributed by atoms with E-state index in [4.69, 9.17) is 9.47 Å². The van der Waals surface area contributed by atoms with Crippen LogP contribution in [0.2, 0.25) is 0 Å². The molecule has 2 N–H and O–H groups in total. The molecule has 1 saturated heterocycles. The second-order valence-corrected chi connectivity index (χ2v) is 6.87. The lowest BCUT2D eigenvalue weighted by atomic mass is 10.2. The van der Waals surface area contributed by atoms with Gasteiger partial charge in [-0.15, -0.1) is 0 Å². The number of imidazole rings is 1. The third-order valence-corrected chi connectivity index (χ3v) is 4.72. The first-order valence-electron chi connectivity index (χ1n) is 10.0. The minimum absolute atomic E-state index is 0.294. The molecule has 1 atom stereocenters. The van der Waals surface area contributed by atoms with Crippen molar-refractivity contribution < 1.29 is 9.47 Å². The molecule has 1 aromatic carbocycles. The van der Waals surface area contributed by atoms with Crippen molar-refractivity contribution in [1.29, 1.82) is 0 Å². The van der Waals surface area contributed by atoms with Gasteiger partial charge < -0.3 is 24.7 Å². The average Bonchev–Trinajstić information content (AvgIpc) is 3.40. The summed E-state index contributed by atoms with van der Waals surface area (Å²) in [4.78, 5) is 8.74. The van der Waals surface area contributed by atoms with Gasteiger partial charge in [-0.25, -0.2) is 4.98 Å². The number of aromatic nitrogens is 2. The smallest absolute Gasteiger partial charge is 0.191 e. The van der Waals surface area contributed by atoms with E-state index in [2.05, 4.69) is 49.4 Å². The molecule has 3 rings (SSSR count). The molecule has 7 heteroatoms. The van der Waals surface area contributed by atoms with Gasteiger partial charge in [-0.3, -0.25) is 4.99 Å². The normalized spacial score (nSPS) is 17.0. The molecule has 0 bridgehead atoms. The Bertz CT molecular complexity index is 711. The molecule has 0 saturated carbocycles. The zero-order chi connectivity index (χ0) is 19.4. The van der Waals surface area contributed by atoms with Crippen LogP contribution in [0.3, 0.4) is 0 Å². The van der Waals surface area contributed by atoms with Crippen LogP contribution in [0, 0.1) is 0 Å². The minimum Gasteiger partial charge on any atom is -0.379 e. The summed E-state index contributed by atoms with van der Waals surface area (Å²) in [5.41, 5.74) is 1.26.